The van der Waals surface area contributed by atoms with Gasteiger partial charge in [-0.05, 0) is 102 Å². The van der Waals surface area contributed by atoms with Crippen molar-refractivity contribution in [1.29, 1.82) is 0 Å². The van der Waals surface area contributed by atoms with Gasteiger partial charge in [-0.15, -0.1) is 0 Å². The average Bonchev–Trinajstić information content (AvgIpc) is 2.77. The zero-order valence-corrected chi connectivity index (χ0v) is 24.2. The first-order valence-electron chi connectivity index (χ1n) is 13.7. The van der Waals surface area contributed by atoms with E-state index in [9.17, 15) is 15.0 Å². The lowest BCUT2D eigenvalue weighted by Crippen LogP contribution is -2.52. The molecule has 1 saturated carbocycles. The molecular weight excluding hydrogens is 432 g/mol. The van der Waals surface area contributed by atoms with E-state index in [1.165, 1.54) is 16.7 Å². The Balaban J connectivity index is 2.88. The van der Waals surface area contributed by atoms with Crippen LogP contribution in [-0.4, -0.2) is 28.7 Å². The molecule has 3 heteroatoms. The maximum atomic E-state index is 11.6. The van der Waals surface area contributed by atoms with Gasteiger partial charge in [0, 0.05) is 12.0 Å². The third-order valence-electron chi connectivity index (χ3n) is 8.88. The lowest BCUT2D eigenvalue weighted by Gasteiger charge is -2.53. The van der Waals surface area contributed by atoms with Crippen LogP contribution in [0.4, 0.5) is 0 Å². The van der Waals surface area contributed by atoms with Crippen LogP contribution in [0.3, 0.4) is 0 Å². The van der Waals surface area contributed by atoms with Gasteiger partial charge in [0.1, 0.15) is 6.29 Å². The van der Waals surface area contributed by atoms with Gasteiger partial charge in [-0.1, -0.05) is 75.6 Å². The Kier molecular flexibility index (Phi) is 12.4. The maximum Gasteiger partial charge on any atom is 0.145 e. The first-order valence-corrected chi connectivity index (χ1v) is 13.7. The smallest absolute Gasteiger partial charge is 0.145 e. The van der Waals surface area contributed by atoms with Crippen LogP contribution in [0.2, 0.25) is 0 Å². The van der Waals surface area contributed by atoms with Crippen molar-refractivity contribution >= 4 is 6.29 Å². The number of aldehydes is 1. The molecule has 0 heterocycles. The summed E-state index contributed by atoms with van der Waals surface area (Å²) in [4.78, 5) is 11.6. The van der Waals surface area contributed by atoms with Crippen LogP contribution in [0.25, 0.3) is 0 Å². The number of aliphatic hydroxyl groups is 2. The fourth-order valence-electron chi connectivity index (χ4n) is 5.29. The second kappa shape index (κ2) is 13.7. The summed E-state index contributed by atoms with van der Waals surface area (Å²) in [5.74, 6) is 0.768. The maximum absolute atomic E-state index is 11.6. The standard InChI is InChI=1S/C32H54O3/c1-24(13-10-14-25(2)17-18-27(4)30(5,6)7)15-11-20-31(8)29(16-12-22-33)28(26(3)23-34)19-21-32(31,9)35/h10,13,15,17,23,27,29,33,35H,11-12,14,16,18-22H2,1-9H3/b13-10+,24-15+,25-17-,28-26-/t27-,29+,31-,32-/m0/s1. The van der Waals surface area contributed by atoms with Crippen LogP contribution in [0.5, 0.6) is 0 Å². The van der Waals surface area contributed by atoms with Gasteiger partial charge in [-0.2, -0.15) is 0 Å². The van der Waals surface area contributed by atoms with Gasteiger partial charge in [0.2, 0.25) is 0 Å². The molecule has 0 amide bonds. The molecule has 0 aliphatic heterocycles. The summed E-state index contributed by atoms with van der Waals surface area (Å²) in [6.45, 7) is 19.7. The molecule has 0 aromatic carbocycles. The van der Waals surface area contributed by atoms with Crippen LogP contribution in [0.1, 0.15) is 114 Å². The monoisotopic (exact) mass is 486 g/mol. The van der Waals surface area contributed by atoms with Crippen molar-refractivity contribution in [2.24, 2.45) is 22.7 Å². The third kappa shape index (κ3) is 9.17. The molecule has 1 aliphatic carbocycles. The first-order chi connectivity index (χ1) is 16.2. The van der Waals surface area contributed by atoms with Crippen LogP contribution < -0.4 is 0 Å². The van der Waals surface area contributed by atoms with E-state index in [0.717, 1.165) is 50.4 Å². The fraction of sp³-hybridized carbons (Fsp3) is 0.719. The molecule has 1 aliphatic rings. The van der Waals surface area contributed by atoms with Gasteiger partial charge >= 0.3 is 0 Å². The molecular formula is C32H54O3. The number of aliphatic hydroxyl groups excluding tert-OH is 1. The highest BCUT2D eigenvalue weighted by molar-refractivity contribution is 5.74. The molecule has 35 heavy (non-hydrogen) atoms. The predicted octanol–water partition coefficient (Wildman–Crippen LogP) is 8.13. The zero-order valence-electron chi connectivity index (χ0n) is 24.2. The summed E-state index contributed by atoms with van der Waals surface area (Å²) in [5, 5.41) is 20.9. The van der Waals surface area contributed by atoms with Crippen LogP contribution >= 0.6 is 0 Å². The second-order valence-corrected chi connectivity index (χ2v) is 12.6. The van der Waals surface area contributed by atoms with Gasteiger partial charge in [-0.25, -0.2) is 0 Å². The highest BCUT2D eigenvalue weighted by atomic mass is 16.3. The van der Waals surface area contributed by atoms with Crippen molar-refractivity contribution in [2.75, 3.05) is 6.61 Å². The van der Waals surface area contributed by atoms with E-state index in [1.54, 1.807) is 0 Å². The molecule has 0 bridgehead atoms. The highest BCUT2D eigenvalue weighted by Gasteiger charge is 2.52. The molecule has 4 atom stereocenters. The number of hydrogen-bond donors (Lipinski definition) is 2. The predicted molar refractivity (Wildman–Crippen MR) is 150 cm³/mol. The molecule has 0 aromatic heterocycles. The Morgan fingerprint density at radius 1 is 1.17 bits per heavy atom. The van der Waals surface area contributed by atoms with Crippen LogP contribution in [0.15, 0.2) is 46.6 Å². The number of hydrogen-bond acceptors (Lipinski definition) is 3. The van der Waals surface area contributed by atoms with E-state index in [2.05, 4.69) is 72.8 Å². The Morgan fingerprint density at radius 2 is 1.83 bits per heavy atom. The molecule has 200 valence electrons. The van der Waals surface area contributed by atoms with Gasteiger partial charge in [-0.3, -0.25) is 4.79 Å². The van der Waals surface area contributed by atoms with Gasteiger partial charge in [0.05, 0.1) is 5.60 Å². The molecule has 0 aromatic rings. The molecule has 0 unspecified atom stereocenters. The van der Waals surface area contributed by atoms with Crippen molar-refractivity contribution in [3.8, 4) is 0 Å². The lowest BCUT2D eigenvalue weighted by molar-refractivity contribution is -0.115. The first kappa shape index (κ1) is 31.6. The lowest BCUT2D eigenvalue weighted by atomic mass is 9.54. The number of carbonyl (C=O) groups excluding carboxylic acids is 1. The largest absolute Gasteiger partial charge is 0.396 e. The molecule has 1 fully saturated rings. The van der Waals surface area contributed by atoms with E-state index in [-0.39, 0.29) is 17.9 Å². The zero-order chi connectivity index (χ0) is 26.9. The SMILES string of the molecule is C/C(=C/C[C@H](C)C(C)(C)C)C/C=C/C(C)=C/CC[C@@]1(C)[C@H](CCCO)/C(=C(/C)C=O)CC[C@]1(C)O. The third-order valence-corrected chi connectivity index (χ3v) is 8.88. The molecule has 1 rings (SSSR count). The minimum Gasteiger partial charge on any atom is -0.396 e. The van der Waals surface area contributed by atoms with E-state index >= 15 is 0 Å². The Bertz CT molecular complexity index is 803. The fourth-order valence-corrected chi connectivity index (χ4v) is 5.29. The van der Waals surface area contributed by atoms with E-state index < -0.39 is 5.60 Å². The quantitative estimate of drug-likeness (QED) is 0.127. The van der Waals surface area contributed by atoms with Crippen molar-refractivity contribution < 1.29 is 15.0 Å². The highest BCUT2D eigenvalue weighted by Crippen LogP contribution is 2.55. The van der Waals surface area contributed by atoms with Crippen molar-refractivity contribution in [2.45, 2.75) is 119 Å². The Labute approximate surface area is 216 Å². The summed E-state index contributed by atoms with van der Waals surface area (Å²) in [6, 6.07) is 0. The van der Waals surface area contributed by atoms with Crippen molar-refractivity contribution in [3.63, 3.8) is 0 Å². The van der Waals surface area contributed by atoms with Crippen LogP contribution in [0, 0.1) is 22.7 Å². The average molecular weight is 487 g/mol. The normalized spacial score (nSPS) is 28.9. The summed E-state index contributed by atoms with van der Waals surface area (Å²) >= 11 is 0. The van der Waals surface area contributed by atoms with Gasteiger partial charge in [0.15, 0.2) is 0 Å². The number of allylic oxidation sites excluding steroid dienone is 8. The van der Waals surface area contributed by atoms with Crippen molar-refractivity contribution in [1.82, 2.24) is 0 Å². The minimum absolute atomic E-state index is 0.108. The summed E-state index contributed by atoms with van der Waals surface area (Å²) < 4.78 is 0. The summed E-state index contributed by atoms with van der Waals surface area (Å²) in [5.41, 5.74) is 3.81. The Morgan fingerprint density at radius 3 is 2.40 bits per heavy atom. The number of rotatable bonds is 12. The van der Waals surface area contributed by atoms with E-state index in [4.69, 9.17) is 0 Å². The van der Waals surface area contributed by atoms with Gasteiger partial charge < -0.3 is 10.2 Å². The topological polar surface area (TPSA) is 57.5 Å². The van der Waals surface area contributed by atoms with Crippen molar-refractivity contribution in [3.05, 3.63) is 46.6 Å². The minimum atomic E-state index is -0.802. The molecule has 0 radical (unpaired) electrons. The molecule has 3 nitrogen and oxygen atoms in total. The Hall–Kier alpha value is -1.45. The molecule has 0 saturated heterocycles. The summed E-state index contributed by atoms with van der Waals surface area (Å²) in [6.07, 6.45) is 16.8. The number of carbonyl (C=O) groups is 1. The second-order valence-electron chi connectivity index (χ2n) is 12.6. The summed E-state index contributed by atoms with van der Waals surface area (Å²) in [7, 11) is 0. The van der Waals surface area contributed by atoms with E-state index in [0.29, 0.717) is 24.2 Å². The molecule has 0 spiro atoms. The molecule has 2 N–H and O–H groups in total. The van der Waals surface area contributed by atoms with Crippen LogP contribution in [-0.2, 0) is 4.79 Å². The van der Waals surface area contributed by atoms with E-state index in [1.807, 2.05) is 13.8 Å². The van der Waals surface area contributed by atoms with Gasteiger partial charge in [0.25, 0.3) is 0 Å².